The molecular formula is C38H55F2NO9. The van der Waals surface area contributed by atoms with Crippen LogP contribution in [0.3, 0.4) is 0 Å². The van der Waals surface area contributed by atoms with Gasteiger partial charge in [0.2, 0.25) is 12.3 Å². The maximum atomic E-state index is 13.5. The molecule has 3 atom stereocenters. The van der Waals surface area contributed by atoms with Crippen molar-refractivity contribution in [2.24, 2.45) is 5.92 Å². The molecule has 0 aliphatic carbocycles. The van der Waals surface area contributed by atoms with Gasteiger partial charge in [0.15, 0.2) is 11.4 Å². The number of aliphatic hydroxyl groups is 1. The van der Waals surface area contributed by atoms with Crippen LogP contribution in [-0.2, 0) is 35.0 Å². The number of carbonyl (C=O) groups is 3. The summed E-state index contributed by atoms with van der Waals surface area (Å²) in [5, 5.41) is 23.2. The summed E-state index contributed by atoms with van der Waals surface area (Å²) in [6, 6.07) is 5.36. The fraction of sp³-hybridized carbons (Fsp3) is 0.658. The minimum Gasteiger partial charge on any atom is -0.481 e. The highest BCUT2D eigenvalue weighted by Gasteiger charge is 2.49. The number of carboxylic acid groups (broad SMARTS) is 1. The average molecular weight is 708 g/mol. The number of carboxylic acids is 1. The largest absolute Gasteiger partial charge is 0.481 e. The number of esters is 1. The highest BCUT2D eigenvalue weighted by molar-refractivity contribution is 5.92. The minimum absolute atomic E-state index is 0.0551. The van der Waals surface area contributed by atoms with Crippen LogP contribution in [0.1, 0.15) is 103 Å². The summed E-state index contributed by atoms with van der Waals surface area (Å²) in [7, 11) is 1.12. The topological polar surface area (TPSA) is 141 Å². The van der Waals surface area contributed by atoms with Gasteiger partial charge in [0.05, 0.1) is 26.2 Å². The van der Waals surface area contributed by atoms with Crippen LogP contribution < -0.4 is 10.1 Å². The van der Waals surface area contributed by atoms with Crippen molar-refractivity contribution in [3.05, 3.63) is 42.0 Å². The van der Waals surface area contributed by atoms with Crippen molar-refractivity contribution in [2.45, 2.75) is 128 Å². The Morgan fingerprint density at radius 2 is 1.64 bits per heavy atom. The SMILES string of the molecule is CC#CCOc1ccc(C[C@H](NC(=O)[C@@H](/C=C/CCCCCCC2(CCCCCCC)OCCO2)[C@@](O)(CC(F)F)C(=O)O)C(=O)OC)cc1. The number of nitrogens with one attached hydrogen (secondary N) is 1. The summed E-state index contributed by atoms with van der Waals surface area (Å²) < 4.78 is 49.3. The molecule has 0 radical (unpaired) electrons. The number of halogens is 2. The number of ether oxygens (including phenoxy) is 4. The Morgan fingerprint density at radius 1 is 1.02 bits per heavy atom. The highest BCUT2D eigenvalue weighted by atomic mass is 19.3. The van der Waals surface area contributed by atoms with Gasteiger partial charge in [-0.15, -0.1) is 5.92 Å². The normalized spacial score (nSPS) is 16.3. The zero-order chi connectivity index (χ0) is 36.8. The van der Waals surface area contributed by atoms with Crippen molar-refractivity contribution in [3.63, 3.8) is 0 Å². The second kappa shape index (κ2) is 23.0. The second-order valence-corrected chi connectivity index (χ2v) is 12.6. The number of allylic oxidation sites excluding steroid dienone is 1. The number of carbonyl (C=O) groups excluding carboxylic acids is 2. The van der Waals surface area contributed by atoms with Crippen molar-refractivity contribution in [2.75, 3.05) is 26.9 Å². The molecule has 3 N–H and O–H groups in total. The molecule has 0 spiro atoms. The van der Waals surface area contributed by atoms with E-state index in [0.717, 1.165) is 58.1 Å². The van der Waals surface area contributed by atoms with Gasteiger partial charge in [-0.25, -0.2) is 18.4 Å². The number of alkyl halides is 2. The molecule has 1 saturated heterocycles. The smallest absolute Gasteiger partial charge is 0.337 e. The van der Waals surface area contributed by atoms with Crippen molar-refractivity contribution in [3.8, 4) is 17.6 Å². The molecule has 0 unspecified atom stereocenters. The van der Waals surface area contributed by atoms with Gasteiger partial charge in [-0.05, 0) is 50.3 Å². The predicted molar refractivity (Wildman–Crippen MR) is 185 cm³/mol. The van der Waals surface area contributed by atoms with Crippen LogP contribution in [0, 0.1) is 17.8 Å². The quantitative estimate of drug-likeness (QED) is 0.0457. The van der Waals surface area contributed by atoms with E-state index in [9.17, 15) is 33.4 Å². The molecular weight excluding hydrogens is 652 g/mol. The van der Waals surface area contributed by atoms with Crippen LogP contribution in [-0.4, -0.2) is 78.8 Å². The minimum atomic E-state index is -3.22. The summed E-state index contributed by atoms with van der Waals surface area (Å²) in [6.45, 7) is 5.27. The van der Waals surface area contributed by atoms with Crippen LogP contribution in [0.2, 0.25) is 0 Å². The van der Waals surface area contributed by atoms with Gasteiger partial charge < -0.3 is 34.5 Å². The lowest BCUT2D eigenvalue weighted by atomic mass is 9.82. The Labute approximate surface area is 295 Å². The molecule has 50 heavy (non-hydrogen) atoms. The van der Waals surface area contributed by atoms with Gasteiger partial charge in [0.25, 0.3) is 0 Å². The van der Waals surface area contributed by atoms with E-state index in [1.54, 1.807) is 31.2 Å². The zero-order valence-corrected chi connectivity index (χ0v) is 29.7. The first-order valence-corrected chi connectivity index (χ1v) is 17.7. The number of hydrogen-bond donors (Lipinski definition) is 3. The van der Waals surface area contributed by atoms with E-state index in [2.05, 4.69) is 24.1 Å². The Morgan fingerprint density at radius 3 is 2.20 bits per heavy atom. The van der Waals surface area contributed by atoms with E-state index in [-0.39, 0.29) is 13.0 Å². The third-order valence-corrected chi connectivity index (χ3v) is 8.77. The van der Waals surface area contributed by atoms with Crippen LogP contribution >= 0.6 is 0 Å². The maximum absolute atomic E-state index is 13.5. The van der Waals surface area contributed by atoms with Gasteiger partial charge in [-0.1, -0.05) is 75.7 Å². The summed E-state index contributed by atoms with van der Waals surface area (Å²) in [5.74, 6) is -0.303. The van der Waals surface area contributed by atoms with Crippen LogP contribution in [0.15, 0.2) is 36.4 Å². The van der Waals surface area contributed by atoms with Gasteiger partial charge >= 0.3 is 11.9 Å². The average Bonchev–Trinajstić information content (AvgIpc) is 3.55. The predicted octanol–water partition coefficient (Wildman–Crippen LogP) is 6.38. The molecule has 1 aromatic carbocycles. The lowest BCUT2D eigenvalue weighted by Gasteiger charge is -2.30. The van der Waals surface area contributed by atoms with E-state index in [4.69, 9.17) is 18.9 Å². The Bertz CT molecular complexity index is 1250. The van der Waals surface area contributed by atoms with E-state index in [1.807, 2.05) is 0 Å². The summed E-state index contributed by atoms with van der Waals surface area (Å²) in [4.78, 5) is 38.3. The number of methoxy groups -OCH3 is 1. The molecule has 1 aromatic rings. The molecule has 0 bridgehead atoms. The third-order valence-electron chi connectivity index (χ3n) is 8.77. The van der Waals surface area contributed by atoms with E-state index in [0.29, 0.717) is 37.4 Å². The van der Waals surface area contributed by atoms with Crippen LogP contribution in [0.25, 0.3) is 0 Å². The fourth-order valence-electron chi connectivity index (χ4n) is 5.94. The Kier molecular flexibility index (Phi) is 19.6. The van der Waals surface area contributed by atoms with Crippen molar-refractivity contribution >= 4 is 17.8 Å². The second-order valence-electron chi connectivity index (χ2n) is 12.6. The molecule has 12 heteroatoms. The maximum Gasteiger partial charge on any atom is 0.337 e. The summed E-state index contributed by atoms with van der Waals surface area (Å²) >= 11 is 0. The summed E-state index contributed by atoms with van der Waals surface area (Å²) in [5.41, 5.74) is -2.52. The van der Waals surface area contributed by atoms with Gasteiger partial charge in [0, 0.05) is 25.7 Å². The first-order valence-electron chi connectivity index (χ1n) is 17.7. The van der Waals surface area contributed by atoms with E-state index >= 15 is 0 Å². The van der Waals surface area contributed by atoms with E-state index < -0.39 is 54.0 Å². The Hall–Kier alpha value is -3.53. The lowest BCUT2D eigenvalue weighted by molar-refractivity contribution is -0.171. The molecule has 280 valence electrons. The molecule has 1 aliphatic rings. The van der Waals surface area contributed by atoms with E-state index in [1.165, 1.54) is 25.3 Å². The van der Waals surface area contributed by atoms with Crippen LogP contribution in [0.4, 0.5) is 8.78 Å². The zero-order valence-electron chi connectivity index (χ0n) is 29.7. The standard InChI is InChI=1S/C38H55F2NO9/c1-4-6-8-12-15-22-37(49-25-26-50-37)23-16-13-10-9-11-14-17-31(38(46,36(44)45)28-33(39)40)34(42)41-32(35(43)47-3)27-29-18-20-30(21-19-29)48-24-7-5-2/h14,17-21,31-33,46H,4,6,8-13,15-16,22-28H2,1-3H3,(H,41,42)(H,44,45)/b17-14+/t31-,32+,38+/m1/s1. The first-order chi connectivity index (χ1) is 24.0. The van der Waals surface area contributed by atoms with Crippen LogP contribution in [0.5, 0.6) is 5.75 Å². The van der Waals surface area contributed by atoms with Gasteiger partial charge in [0.1, 0.15) is 18.4 Å². The van der Waals surface area contributed by atoms with Crippen molar-refractivity contribution < 1.29 is 52.3 Å². The van der Waals surface area contributed by atoms with Gasteiger partial charge in [-0.2, -0.15) is 0 Å². The molecule has 0 aromatic heterocycles. The third kappa shape index (κ3) is 14.8. The molecule has 2 rings (SSSR count). The van der Waals surface area contributed by atoms with Crippen molar-refractivity contribution in [1.82, 2.24) is 5.32 Å². The highest BCUT2D eigenvalue weighted by Crippen LogP contribution is 2.32. The number of amides is 1. The molecule has 10 nitrogen and oxygen atoms in total. The number of aliphatic carboxylic acids is 1. The number of rotatable bonds is 25. The summed E-state index contributed by atoms with van der Waals surface area (Å²) in [6.07, 6.45) is 9.15. The monoisotopic (exact) mass is 707 g/mol. The lowest BCUT2D eigenvalue weighted by Crippen LogP contribution is -2.55. The molecule has 0 saturated carbocycles. The first kappa shape index (κ1) is 42.6. The Balaban J connectivity index is 2.03. The molecule has 1 amide bonds. The number of benzene rings is 1. The number of unbranched alkanes of at least 4 members (excludes halogenated alkanes) is 8. The van der Waals surface area contributed by atoms with Gasteiger partial charge in [-0.3, -0.25) is 4.79 Å². The molecule has 1 heterocycles. The number of hydrogen-bond acceptors (Lipinski definition) is 8. The molecule has 1 fully saturated rings. The molecule has 1 aliphatic heterocycles. The fourth-order valence-corrected chi connectivity index (χ4v) is 5.94. The van der Waals surface area contributed by atoms with Crippen molar-refractivity contribution in [1.29, 1.82) is 0 Å².